The van der Waals surface area contributed by atoms with Crippen molar-refractivity contribution < 1.29 is 23.8 Å². The van der Waals surface area contributed by atoms with Crippen LogP contribution in [0.15, 0.2) is 0 Å². The Hall–Kier alpha value is 0.504. The van der Waals surface area contributed by atoms with Crippen LogP contribution in [0.4, 0.5) is 0 Å². The van der Waals surface area contributed by atoms with Gasteiger partial charge in [0.2, 0.25) is 0 Å². The number of hydroxylamine groups is 1. The molecule has 0 saturated carbocycles. The molecule has 0 aromatic heterocycles. The molecule has 0 atom stereocenters. The monoisotopic (exact) mass is 185 g/mol. The number of hydrogen-bond donors (Lipinski definition) is 2. The summed E-state index contributed by atoms with van der Waals surface area (Å²) in [5, 5.41) is 7.32. The predicted molar refractivity (Wildman–Crippen MR) is 43.9 cm³/mol. The van der Waals surface area contributed by atoms with Crippen LogP contribution in [0.25, 0.3) is 0 Å². The quantitative estimate of drug-likeness (QED) is 0.447. The Morgan fingerprint density at radius 1 is 0.900 bits per heavy atom. The van der Waals surface area contributed by atoms with E-state index in [1.54, 1.807) is 26.3 Å². The van der Waals surface area contributed by atoms with Crippen LogP contribution >= 0.6 is 0 Å². The third-order valence-corrected chi connectivity index (χ3v) is 0. The van der Waals surface area contributed by atoms with Crippen LogP contribution in [0.2, 0.25) is 0 Å². The molecule has 2 nitrogen and oxygen atoms in total. The molecule has 0 spiro atoms. The van der Waals surface area contributed by atoms with E-state index in [1.165, 1.54) is 7.05 Å². The first-order valence-corrected chi connectivity index (χ1v) is 2.84. The van der Waals surface area contributed by atoms with Crippen LogP contribution in [-0.4, -0.2) is 12.3 Å². The smallest absolute Gasteiger partial charge is 0.00929 e. The van der Waals surface area contributed by atoms with Gasteiger partial charge in [0.1, 0.15) is 0 Å². The average molecular weight is 185 g/mol. The summed E-state index contributed by atoms with van der Waals surface area (Å²) in [6, 6.07) is 0. The number of rotatable bonds is 0. The Kier molecular flexibility index (Phi) is 951. The molecule has 0 aromatic carbocycles. The van der Waals surface area contributed by atoms with Gasteiger partial charge in [-0.1, -0.05) is 0 Å². The van der Waals surface area contributed by atoms with Crippen LogP contribution in [0.3, 0.4) is 0 Å². The second-order valence-corrected chi connectivity index (χ2v) is 0.224. The van der Waals surface area contributed by atoms with Crippen molar-refractivity contribution in [1.29, 1.82) is 0 Å². The maximum atomic E-state index is 7.32. The largest absolute Gasteiger partial charge is 0.346 e. The fourth-order valence-electron chi connectivity index (χ4n) is 0. The molecule has 3 heteroatoms. The van der Waals surface area contributed by atoms with Crippen LogP contribution in [0, 0.1) is 20.8 Å². The fraction of sp³-hybridized carbons (Fsp3) is 0.571. The van der Waals surface area contributed by atoms with Crippen LogP contribution < -0.4 is 5.48 Å². The molecule has 0 amide bonds. The van der Waals surface area contributed by atoms with E-state index in [0.29, 0.717) is 0 Å². The van der Waals surface area contributed by atoms with Gasteiger partial charge in [-0.3, -0.25) is 0 Å². The zero-order valence-corrected chi connectivity index (χ0v) is 8.91. The van der Waals surface area contributed by atoms with E-state index in [9.17, 15) is 0 Å². The number of hydrogen-bond acceptors (Lipinski definition) is 2. The average Bonchev–Trinajstić information content (AvgIpc) is 2.01. The van der Waals surface area contributed by atoms with Gasteiger partial charge in [0.25, 0.3) is 0 Å². The minimum Gasteiger partial charge on any atom is -0.346 e. The van der Waals surface area contributed by atoms with Gasteiger partial charge >= 0.3 is 0 Å². The first kappa shape index (κ1) is 31.3. The molecule has 0 fully saturated rings. The molecule has 10 heavy (non-hydrogen) atoms. The minimum absolute atomic E-state index is 0. The Morgan fingerprint density at radius 2 is 0.900 bits per heavy atom. The molecule has 0 aliphatic heterocycles. The molecule has 67 valence electrons. The normalized spacial score (nSPS) is 3.60. The fourth-order valence-corrected chi connectivity index (χ4v) is 0. The minimum atomic E-state index is 0. The van der Waals surface area contributed by atoms with E-state index in [2.05, 4.69) is 20.8 Å². The van der Waals surface area contributed by atoms with Crippen LogP contribution in [0.1, 0.15) is 20.8 Å². The Balaban J connectivity index is -0.0000000110. The zero-order chi connectivity index (χ0) is 8.71. The van der Waals surface area contributed by atoms with E-state index in [4.69, 9.17) is 5.21 Å². The molecule has 0 aliphatic rings. The van der Waals surface area contributed by atoms with Crippen molar-refractivity contribution in [3.8, 4) is 0 Å². The third kappa shape index (κ3) is 1880. The SMILES string of the molecule is CNO.[CH2-]C.[CH2-]C.[CH2-]C.[V]. The molecule has 0 rings (SSSR count). The van der Waals surface area contributed by atoms with Crippen molar-refractivity contribution in [2.75, 3.05) is 7.05 Å². The van der Waals surface area contributed by atoms with Crippen molar-refractivity contribution in [3.05, 3.63) is 20.8 Å². The molecule has 0 saturated heterocycles. The Bertz CT molecular complexity index is 13.6. The summed E-state index contributed by atoms with van der Waals surface area (Å²) >= 11 is 0. The summed E-state index contributed by atoms with van der Waals surface area (Å²) in [7, 11) is 1.43. The summed E-state index contributed by atoms with van der Waals surface area (Å²) in [5.74, 6) is 0. The second kappa shape index (κ2) is 304. The molecule has 0 unspecified atom stereocenters. The van der Waals surface area contributed by atoms with E-state index < -0.39 is 0 Å². The van der Waals surface area contributed by atoms with Crippen molar-refractivity contribution >= 4 is 0 Å². The van der Waals surface area contributed by atoms with Gasteiger partial charge in [-0.2, -0.15) is 20.8 Å². The molecular weight excluding hydrogens is 165 g/mol. The van der Waals surface area contributed by atoms with Gasteiger partial charge in [0.15, 0.2) is 0 Å². The van der Waals surface area contributed by atoms with Crippen LogP contribution in [0.5, 0.6) is 0 Å². The van der Waals surface area contributed by atoms with Gasteiger partial charge < -0.3 is 26.0 Å². The van der Waals surface area contributed by atoms with Gasteiger partial charge in [-0.25, -0.2) is 5.48 Å². The van der Waals surface area contributed by atoms with Gasteiger partial charge in [-0.05, 0) is 0 Å². The second-order valence-electron chi connectivity index (χ2n) is 0.224. The summed E-state index contributed by atoms with van der Waals surface area (Å²) in [6.07, 6.45) is 0. The maximum Gasteiger partial charge on any atom is 0.00929 e. The van der Waals surface area contributed by atoms with E-state index >= 15 is 0 Å². The molecule has 0 bridgehead atoms. The maximum absolute atomic E-state index is 7.32. The molecule has 2 N–H and O–H groups in total. The van der Waals surface area contributed by atoms with Crippen molar-refractivity contribution in [3.63, 3.8) is 0 Å². The Labute approximate surface area is 78.3 Å². The van der Waals surface area contributed by atoms with Gasteiger partial charge in [-0.15, -0.1) is 0 Å². The van der Waals surface area contributed by atoms with E-state index in [0.717, 1.165) is 0 Å². The first-order valence-electron chi connectivity index (χ1n) is 2.84. The zero-order valence-electron chi connectivity index (χ0n) is 7.52. The summed E-state index contributed by atoms with van der Waals surface area (Å²) in [5.41, 5.74) is 1.75. The molecule has 1 radical (unpaired) electrons. The van der Waals surface area contributed by atoms with E-state index in [-0.39, 0.29) is 18.6 Å². The van der Waals surface area contributed by atoms with Crippen molar-refractivity contribution in [2.45, 2.75) is 20.8 Å². The summed E-state index contributed by atoms with van der Waals surface area (Å²) < 4.78 is 0. The van der Waals surface area contributed by atoms with Gasteiger partial charge in [0.05, 0.1) is 0 Å². The first-order chi connectivity index (χ1) is 4.41. The van der Waals surface area contributed by atoms with Crippen LogP contribution in [-0.2, 0) is 18.6 Å². The molecule has 0 aliphatic carbocycles. The Morgan fingerprint density at radius 3 is 0.900 bits per heavy atom. The van der Waals surface area contributed by atoms with Gasteiger partial charge in [0, 0.05) is 25.6 Å². The predicted octanol–water partition coefficient (Wildman–Crippen LogP) is 2.11. The summed E-state index contributed by atoms with van der Waals surface area (Å²) in [6.45, 7) is 15.0. The topological polar surface area (TPSA) is 32.3 Å². The molecular formula is C7H20NOV-3. The summed E-state index contributed by atoms with van der Waals surface area (Å²) in [4.78, 5) is 0. The number of nitrogens with one attached hydrogen (secondary N) is 1. The standard InChI is InChI=1S/3C2H5.CH5NO.V/c3*1-2;1-2-3;/h3*1H2,2H3;2-3H,1H3;/q3*-1;;. The molecule has 0 aromatic rings. The van der Waals surface area contributed by atoms with Crippen molar-refractivity contribution in [2.24, 2.45) is 0 Å². The van der Waals surface area contributed by atoms with Crippen molar-refractivity contribution in [1.82, 2.24) is 5.48 Å². The third-order valence-electron chi connectivity index (χ3n) is 0. The molecule has 0 heterocycles. The van der Waals surface area contributed by atoms with E-state index in [1.807, 2.05) is 0 Å².